The summed E-state index contributed by atoms with van der Waals surface area (Å²) in [5.74, 6) is -6.34. The van der Waals surface area contributed by atoms with Crippen molar-refractivity contribution >= 4 is 11.6 Å². The summed E-state index contributed by atoms with van der Waals surface area (Å²) in [6.45, 7) is 0. The number of phenols is 1. The summed E-state index contributed by atoms with van der Waals surface area (Å²) >= 11 is 0. The second-order valence-electron chi connectivity index (χ2n) is 3.86. The van der Waals surface area contributed by atoms with Crippen molar-refractivity contribution in [3.05, 3.63) is 59.2 Å². The predicted octanol–water partition coefficient (Wildman–Crippen LogP) is 3.20. The lowest BCUT2D eigenvalue weighted by molar-refractivity contribution is 0.102. The van der Waals surface area contributed by atoms with E-state index in [-0.39, 0.29) is 11.6 Å². The van der Waals surface area contributed by atoms with E-state index >= 15 is 0 Å². The fourth-order valence-corrected chi connectivity index (χ4v) is 1.50. The summed E-state index contributed by atoms with van der Waals surface area (Å²) in [5, 5.41) is 11.3. The number of hydrogen-bond acceptors (Lipinski definition) is 2. The van der Waals surface area contributed by atoms with Crippen LogP contribution in [0.3, 0.4) is 0 Å². The molecule has 0 radical (unpaired) electrons. The molecule has 0 atom stereocenters. The third-order valence-electron chi connectivity index (χ3n) is 2.46. The number of anilines is 1. The van der Waals surface area contributed by atoms with Crippen LogP contribution in [-0.4, -0.2) is 11.0 Å². The van der Waals surface area contributed by atoms with Crippen LogP contribution >= 0.6 is 0 Å². The zero-order valence-corrected chi connectivity index (χ0v) is 9.75. The van der Waals surface area contributed by atoms with Gasteiger partial charge in [0.15, 0.2) is 11.6 Å². The maximum Gasteiger partial charge on any atom is 0.259 e. The van der Waals surface area contributed by atoms with Crippen molar-refractivity contribution in [1.82, 2.24) is 0 Å². The molecule has 0 aliphatic rings. The number of amides is 1. The van der Waals surface area contributed by atoms with Gasteiger partial charge in [-0.3, -0.25) is 4.79 Å². The minimum absolute atomic E-state index is 0.273. The molecule has 2 aromatic carbocycles. The fraction of sp³-hybridized carbons (Fsp3) is 0. The summed E-state index contributed by atoms with van der Waals surface area (Å²) in [4.78, 5) is 11.7. The standard InChI is InChI=1S/C13H7F4NO2/c14-6-1-2-7(12(19)3-6)13(20)18-11-5-9(16)8(15)4-10(11)17/h1-5,19H,(H,18,20). The molecule has 3 nitrogen and oxygen atoms in total. The van der Waals surface area contributed by atoms with E-state index in [2.05, 4.69) is 0 Å². The Bertz CT molecular complexity index is 688. The first kappa shape index (κ1) is 13.9. The highest BCUT2D eigenvalue weighted by Crippen LogP contribution is 2.22. The molecule has 0 saturated heterocycles. The minimum Gasteiger partial charge on any atom is -0.507 e. The van der Waals surface area contributed by atoms with Crippen LogP contribution in [-0.2, 0) is 0 Å². The number of rotatable bonds is 2. The van der Waals surface area contributed by atoms with Crippen molar-refractivity contribution < 1.29 is 27.5 Å². The molecule has 2 rings (SSSR count). The Morgan fingerprint density at radius 2 is 1.60 bits per heavy atom. The normalized spacial score (nSPS) is 10.4. The van der Waals surface area contributed by atoms with E-state index in [1.54, 1.807) is 0 Å². The molecule has 1 amide bonds. The minimum atomic E-state index is -1.40. The Kier molecular flexibility index (Phi) is 3.60. The molecule has 2 N–H and O–H groups in total. The molecule has 0 spiro atoms. The van der Waals surface area contributed by atoms with Gasteiger partial charge in [0.1, 0.15) is 17.4 Å². The molecule has 0 saturated carbocycles. The van der Waals surface area contributed by atoms with Crippen LogP contribution in [0.4, 0.5) is 23.2 Å². The Morgan fingerprint density at radius 3 is 2.25 bits per heavy atom. The van der Waals surface area contributed by atoms with Crippen molar-refractivity contribution in [3.63, 3.8) is 0 Å². The van der Waals surface area contributed by atoms with Gasteiger partial charge in [-0.2, -0.15) is 0 Å². The van der Waals surface area contributed by atoms with E-state index in [4.69, 9.17) is 0 Å². The average molecular weight is 285 g/mol. The molecule has 0 fully saturated rings. The van der Waals surface area contributed by atoms with Crippen LogP contribution in [0.25, 0.3) is 0 Å². The molecular weight excluding hydrogens is 278 g/mol. The highest BCUT2D eigenvalue weighted by Gasteiger charge is 2.16. The third kappa shape index (κ3) is 2.71. The van der Waals surface area contributed by atoms with Gasteiger partial charge in [0.05, 0.1) is 11.3 Å². The van der Waals surface area contributed by atoms with Gasteiger partial charge >= 0.3 is 0 Å². The monoisotopic (exact) mass is 285 g/mol. The highest BCUT2D eigenvalue weighted by molar-refractivity contribution is 6.06. The Labute approximate surface area is 110 Å². The molecule has 0 bridgehead atoms. The first-order valence-electron chi connectivity index (χ1n) is 5.33. The van der Waals surface area contributed by atoms with Gasteiger partial charge < -0.3 is 10.4 Å². The van der Waals surface area contributed by atoms with E-state index in [9.17, 15) is 27.5 Å². The number of halogens is 4. The Hall–Kier alpha value is -2.57. The van der Waals surface area contributed by atoms with Crippen molar-refractivity contribution in [2.45, 2.75) is 0 Å². The van der Waals surface area contributed by atoms with Gasteiger partial charge in [-0.1, -0.05) is 0 Å². The number of carbonyl (C=O) groups is 1. The van der Waals surface area contributed by atoms with Gasteiger partial charge in [0, 0.05) is 18.2 Å². The number of carbonyl (C=O) groups excluding carboxylic acids is 1. The summed E-state index contributed by atoms with van der Waals surface area (Å²) < 4.78 is 51.8. The number of aromatic hydroxyl groups is 1. The number of phenolic OH excluding ortho intramolecular Hbond substituents is 1. The van der Waals surface area contributed by atoms with Crippen LogP contribution in [0.2, 0.25) is 0 Å². The second-order valence-corrected chi connectivity index (χ2v) is 3.86. The highest BCUT2D eigenvalue weighted by atomic mass is 19.2. The molecule has 0 aromatic heterocycles. The van der Waals surface area contributed by atoms with Crippen LogP contribution < -0.4 is 5.32 Å². The SMILES string of the molecule is O=C(Nc1cc(F)c(F)cc1F)c1ccc(F)cc1O. The second kappa shape index (κ2) is 5.20. The topological polar surface area (TPSA) is 49.3 Å². The van der Waals surface area contributed by atoms with Crippen LogP contribution in [0.15, 0.2) is 30.3 Å². The quantitative estimate of drug-likeness (QED) is 0.657. The molecule has 0 aliphatic heterocycles. The Balaban J connectivity index is 2.30. The van der Waals surface area contributed by atoms with Gasteiger partial charge in [-0.05, 0) is 12.1 Å². The molecule has 0 heterocycles. The molecule has 0 unspecified atom stereocenters. The summed E-state index contributed by atoms with van der Waals surface area (Å²) in [6.07, 6.45) is 0. The maximum absolute atomic E-state index is 13.3. The van der Waals surface area contributed by atoms with Crippen molar-refractivity contribution in [2.24, 2.45) is 0 Å². The molecule has 104 valence electrons. The van der Waals surface area contributed by atoms with E-state index in [0.717, 1.165) is 12.1 Å². The summed E-state index contributed by atoms with van der Waals surface area (Å²) in [5.41, 5.74) is -0.937. The average Bonchev–Trinajstić information content (AvgIpc) is 2.35. The van der Waals surface area contributed by atoms with Gasteiger partial charge in [0.25, 0.3) is 5.91 Å². The van der Waals surface area contributed by atoms with Crippen LogP contribution in [0, 0.1) is 23.3 Å². The number of hydrogen-bond donors (Lipinski definition) is 2. The van der Waals surface area contributed by atoms with Gasteiger partial charge in [0.2, 0.25) is 0 Å². The largest absolute Gasteiger partial charge is 0.507 e. The van der Waals surface area contributed by atoms with E-state index < -0.39 is 40.6 Å². The molecule has 7 heteroatoms. The third-order valence-corrected chi connectivity index (χ3v) is 2.46. The van der Waals surface area contributed by atoms with Gasteiger partial charge in [-0.25, -0.2) is 17.6 Å². The zero-order chi connectivity index (χ0) is 14.9. The van der Waals surface area contributed by atoms with Crippen LogP contribution in [0.1, 0.15) is 10.4 Å². The lowest BCUT2D eigenvalue weighted by Gasteiger charge is -2.08. The smallest absolute Gasteiger partial charge is 0.259 e. The summed E-state index contributed by atoms with van der Waals surface area (Å²) in [6, 6.07) is 3.31. The number of nitrogens with one attached hydrogen (secondary N) is 1. The first-order valence-corrected chi connectivity index (χ1v) is 5.33. The molecule has 0 aliphatic carbocycles. The first-order chi connectivity index (χ1) is 9.38. The lowest BCUT2D eigenvalue weighted by Crippen LogP contribution is -2.14. The molecule has 20 heavy (non-hydrogen) atoms. The van der Waals surface area contributed by atoms with E-state index in [0.29, 0.717) is 12.1 Å². The molecule has 2 aromatic rings. The predicted molar refractivity (Wildman–Crippen MR) is 62.3 cm³/mol. The fourth-order valence-electron chi connectivity index (χ4n) is 1.50. The maximum atomic E-state index is 13.3. The van der Waals surface area contributed by atoms with E-state index in [1.165, 1.54) is 0 Å². The zero-order valence-electron chi connectivity index (χ0n) is 9.75. The van der Waals surface area contributed by atoms with Crippen molar-refractivity contribution in [1.29, 1.82) is 0 Å². The molecular formula is C13H7F4NO2. The lowest BCUT2D eigenvalue weighted by atomic mass is 10.1. The van der Waals surface area contributed by atoms with Gasteiger partial charge in [-0.15, -0.1) is 0 Å². The Morgan fingerprint density at radius 1 is 0.950 bits per heavy atom. The van der Waals surface area contributed by atoms with Crippen LogP contribution in [0.5, 0.6) is 5.75 Å². The summed E-state index contributed by atoms with van der Waals surface area (Å²) in [7, 11) is 0. The van der Waals surface area contributed by atoms with Crippen molar-refractivity contribution in [2.75, 3.05) is 5.32 Å². The van der Waals surface area contributed by atoms with E-state index in [1.807, 2.05) is 5.32 Å². The number of benzene rings is 2. The van der Waals surface area contributed by atoms with Crippen molar-refractivity contribution in [3.8, 4) is 5.75 Å².